The molecule has 2 aromatic carbocycles. The summed E-state index contributed by atoms with van der Waals surface area (Å²) in [5.74, 6) is -0.344. The first-order valence-electron chi connectivity index (χ1n) is 5.85. The van der Waals surface area contributed by atoms with Crippen molar-refractivity contribution in [1.29, 1.82) is 0 Å². The molecule has 3 heteroatoms. The number of carbonyl (C=O) groups excluding carboxylic acids is 1. The lowest BCUT2D eigenvalue weighted by molar-refractivity contribution is 0.0527. The van der Waals surface area contributed by atoms with Crippen LogP contribution in [0.15, 0.2) is 48.5 Å². The number of nitrogen functional groups attached to an aromatic ring is 1. The van der Waals surface area contributed by atoms with Crippen molar-refractivity contribution < 1.29 is 9.53 Å². The molecule has 0 saturated carbocycles. The lowest BCUT2D eigenvalue weighted by atomic mass is 9.98. The SMILES string of the molecule is CCOC(=O)c1cccc(N)c1-c1ccccc1. The molecule has 3 nitrogen and oxygen atoms in total. The van der Waals surface area contributed by atoms with E-state index < -0.39 is 0 Å². The van der Waals surface area contributed by atoms with Gasteiger partial charge in [0.25, 0.3) is 0 Å². The molecule has 0 unspecified atom stereocenters. The van der Waals surface area contributed by atoms with Gasteiger partial charge in [0, 0.05) is 11.3 Å². The number of benzene rings is 2. The smallest absolute Gasteiger partial charge is 0.338 e. The molecule has 2 rings (SSSR count). The van der Waals surface area contributed by atoms with Crippen molar-refractivity contribution in [3.05, 3.63) is 54.1 Å². The minimum Gasteiger partial charge on any atom is -0.462 e. The van der Waals surface area contributed by atoms with E-state index >= 15 is 0 Å². The van der Waals surface area contributed by atoms with Crippen LogP contribution in [-0.4, -0.2) is 12.6 Å². The predicted octanol–water partition coefficient (Wildman–Crippen LogP) is 3.11. The van der Waals surface area contributed by atoms with Crippen LogP contribution < -0.4 is 5.73 Å². The fourth-order valence-electron chi connectivity index (χ4n) is 1.88. The maximum Gasteiger partial charge on any atom is 0.338 e. The van der Waals surface area contributed by atoms with E-state index in [1.54, 1.807) is 25.1 Å². The van der Waals surface area contributed by atoms with Gasteiger partial charge in [0.05, 0.1) is 12.2 Å². The van der Waals surface area contributed by atoms with E-state index in [9.17, 15) is 4.79 Å². The minimum absolute atomic E-state index is 0.344. The van der Waals surface area contributed by atoms with Gasteiger partial charge in [-0.2, -0.15) is 0 Å². The topological polar surface area (TPSA) is 52.3 Å². The number of anilines is 1. The molecule has 0 aliphatic heterocycles. The average molecular weight is 241 g/mol. The van der Waals surface area contributed by atoms with E-state index in [4.69, 9.17) is 10.5 Å². The largest absolute Gasteiger partial charge is 0.462 e. The van der Waals surface area contributed by atoms with Crippen LogP contribution in [-0.2, 0) is 4.74 Å². The van der Waals surface area contributed by atoms with Gasteiger partial charge in [-0.25, -0.2) is 4.79 Å². The summed E-state index contributed by atoms with van der Waals surface area (Å²) in [7, 11) is 0. The Labute approximate surface area is 106 Å². The second-order valence-corrected chi connectivity index (χ2v) is 3.86. The van der Waals surface area contributed by atoms with E-state index in [2.05, 4.69) is 0 Å². The number of esters is 1. The van der Waals surface area contributed by atoms with Gasteiger partial charge >= 0.3 is 5.97 Å². The lowest BCUT2D eigenvalue weighted by Crippen LogP contribution is -2.07. The van der Waals surface area contributed by atoms with Gasteiger partial charge in [-0.3, -0.25) is 0 Å². The molecule has 0 atom stereocenters. The minimum atomic E-state index is -0.344. The normalized spacial score (nSPS) is 10.1. The number of rotatable bonds is 3. The fraction of sp³-hybridized carbons (Fsp3) is 0.133. The predicted molar refractivity (Wildman–Crippen MR) is 72.2 cm³/mol. The van der Waals surface area contributed by atoms with Gasteiger partial charge in [-0.05, 0) is 24.6 Å². The van der Waals surface area contributed by atoms with E-state index in [1.807, 2.05) is 30.3 Å². The Morgan fingerprint density at radius 1 is 1.11 bits per heavy atom. The molecular formula is C15H15NO2. The standard InChI is InChI=1S/C15H15NO2/c1-2-18-15(17)12-9-6-10-13(16)14(12)11-7-4-3-5-8-11/h3-10H,2,16H2,1H3. The number of nitrogens with two attached hydrogens (primary N) is 1. The van der Waals surface area contributed by atoms with Crippen LogP contribution in [0.4, 0.5) is 5.69 Å². The van der Waals surface area contributed by atoms with E-state index in [0.29, 0.717) is 17.9 Å². The maximum atomic E-state index is 11.9. The molecule has 0 saturated heterocycles. The summed E-state index contributed by atoms with van der Waals surface area (Å²) < 4.78 is 5.05. The number of hydrogen-bond acceptors (Lipinski definition) is 3. The third kappa shape index (κ3) is 2.35. The van der Waals surface area contributed by atoms with Crippen molar-refractivity contribution in [2.75, 3.05) is 12.3 Å². The van der Waals surface area contributed by atoms with Gasteiger partial charge in [0.1, 0.15) is 0 Å². The highest BCUT2D eigenvalue weighted by Gasteiger charge is 2.15. The van der Waals surface area contributed by atoms with Gasteiger partial charge < -0.3 is 10.5 Å². The van der Waals surface area contributed by atoms with Crippen molar-refractivity contribution in [1.82, 2.24) is 0 Å². The summed E-state index contributed by atoms with van der Waals surface area (Å²) in [5, 5.41) is 0. The highest BCUT2D eigenvalue weighted by atomic mass is 16.5. The van der Waals surface area contributed by atoms with Crippen molar-refractivity contribution in [3.8, 4) is 11.1 Å². The Morgan fingerprint density at radius 2 is 1.83 bits per heavy atom. The first-order chi connectivity index (χ1) is 8.74. The maximum absolute atomic E-state index is 11.9. The molecule has 92 valence electrons. The molecule has 0 heterocycles. The summed E-state index contributed by atoms with van der Waals surface area (Å²) >= 11 is 0. The summed E-state index contributed by atoms with van der Waals surface area (Å²) in [6, 6.07) is 14.9. The summed E-state index contributed by atoms with van der Waals surface area (Å²) in [6.45, 7) is 2.13. The van der Waals surface area contributed by atoms with Gasteiger partial charge in [0.2, 0.25) is 0 Å². The van der Waals surface area contributed by atoms with Gasteiger partial charge in [-0.1, -0.05) is 36.4 Å². The van der Waals surface area contributed by atoms with Crippen LogP contribution in [0.2, 0.25) is 0 Å². The third-order valence-corrected chi connectivity index (χ3v) is 2.65. The molecule has 2 N–H and O–H groups in total. The lowest BCUT2D eigenvalue weighted by Gasteiger charge is -2.11. The molecule has 0 spiro atoms. The molecule has 0 aliphatic carbocycles. The average Bonchev–Trinajstić information content (AvgIpc) is 2.39. The number of hydrogen-bond donors (Lipinski definition) is 1. The van der Waals surface area contributed by atoms with Crippen LogP contribution in [0.1, 0.15) is 17.3 Å². The summed E-state index contributed by atoms with van der Waals surface area (Å²) in [6.07, 6.45) is 0. The Morgan fingerprint density at radius 3 is 2.50 bits per heavy atom. The van der Waals surface area contributed by atoms with Gasteiger partial charge in [-0.15, -0.1) is 0 Å². The van der Waals surface area contributed by atoms with Crippen molar-refractivity contribution in [3.63, 3.8) is 0 Å². The molecule has 0 radical (unpaired) electrons. The second kappa shape index (κ2) is 5.36. The Bertz CT molecular complexity index is 550. The number of carbonyl (C=O) groups is 1. The van der Waals surface area contributed by atoms with Crippen LogP contribution >= 0.6 is 0 Å². The first-order valence-corrected chi connectivity index (χ1v) is 5.85. The van der Waals surface area contributed by atoms with Crippen LogP contribution in [0.5, 0.6) is 0 Å². The quantitative estimate of drug-likeness (QED) is 0.663. The summed E-state index contributed by atoms with van der Waals surface area (Å²) in [5.41, 5.74) is 8.71. The summed E-state index contributed by atoms with van der Waals surface area (Å²) in [4.78, 5) is 11.9. The van der Waals surface area contributed by atoms with Crippen LogP contribution in [0.3, 0.4) is 0 Å². The molecule has 0 amide bonds. The monoisotopic (exact) mass is 241 g/mol. The molecule has 0 aromatic heterocycles. The highest BCUT2D eigenvalue weighted by molar-refractivity contribution is 6.00. The Kier molecular flexibility index (Phi) is 3.63. The zero-order valence-electron chi connectivity index (χ0n) is 10.2. The van der Waals surface area contributed by atoms with Crippen LogP contribution in [0.25, 0.3) is 11.1 Å². The second-order valence-electron chi connectivity index (χ2n) is 3.86. The van der Waals surface area contributed by atoms with Crippen molar-refractivity contribution in [2.24, 2.45) is 0 Å². The van der Waals surface area contributed by atoms with Crippen LogP contribution in [0, 0.1) is 0 Å². The first kappa shape index (κ1) is 12.2. The third-order valence-electron chi connectivity index (χ3n) is 2.65. The van der Waals surface area contributed by atoms with E-state index in [-0.39, 0.29) is 5.97 Å². The number of ether oxygens (including phenoxy) is 1. The molecule has 18 heavy (non-hydrogen) atoms. The molecule has 0 aliphatic rings. The molecule has 2 aromatic rings. The van der Waals surface area contributed by atoms with E-state index in [0.717, 1.165) is 11.1 Å². The zero-order valence-corrected chi connectivity index (χ0v) is 10.2. The van der Waals surface area contributed by atoms with Crippen molar-refractivity contribution in [2.45, 2.75) is 6.92 Å². The Hall–Kier alpha value is -2.29. The molecular weight excluding hydrogens is 226 g/mol. The van der Waals surface area contributed by atoms with Crippen molar-refractivity contribution >= 4 is 11.7 Å². The Balaban J connectivity index is 2.55. The molecule has 0 bridgehead atoms. The zero-order chi connectivity index (χ0) is 13.0. The fourth-order valence-corrected chi connectivity index (χ4v) is 1.88. The van der Waals surface area contributed by atoms with E-state index in [1.165, 1.54) is 0 Å². The van der Waals surface area contributed by atoms with Gasteiger partial charge in [0.15, 0.2) is 0 Å². The highest BCUT2D eigenvalue weighted by Crippen LogP contribution is 2.30. The molecule has 0 fully saturated rings.